The lowest BCUT2D eigenvalue weighted by Crippen LogP contribution is -2.54. The number of amides is 2. The maximum Gasteiger partial charge on any atom is 0.264 e. The van der Waals surface area contributed by atoms with Gasteiger partial charge in [-0.05, 0) is 86.3 Å². The van der Waals surface area contributed by atoms with Gasteiger partial charge in [-0.1, -0.05) is 82.7 Å². The fourth-order valence-corrected chi connectivity index (χ4v) is 6.54. The molecule has 1 N–H and O–H groups in total. The average Bonchev–Trinajstić information content (AvgIpc) is 3.00. The van der Waals surface area contributed by atoms with Gasteiger partial charge in [0.15, 0.2) is 0 Å². The normalized spacial score (nSPS) is 12.0. The molecule has 0 saturated carbocycles. The highest BCUT2D eigenvalue weighted by Gasteiger charge is 2.34. The van der Waals surface area contributed by atoms with E-state index in [-0.39, 0.29) is 29.8 Å². The Morgan fingerprint density at radius 2 is 1.41 bits per heavy atom. The van der Waals surface area contributed by atoms with Gasteiger partial charge in [0.05, 0.1) is 10.6 Å². The number of carbonyl (C=O) groups excluding carboxylic acids is 2. The first-order valence-corrected chi connectivity index (χ1v) is 16.7. The lowest BCUT2D eigenvalue weighted by atomic mass is 10.0. The van der Waals surface area contributed by atoms with Gasteiger partial charge in [-0.2, -0.15) is 0 Å². The molecule has 0 spiro atoms. The van der Waals surface area contributed by atoms with Crippen molar-refractivity contribution in [2.24, 2.45) is 0 Å². The smallest absolute Gasteiger partial charge is 0.264 e. The summed E-state index contributed by atoms with van der Waals surface area (Å²) < 4.78 is 30.2. The Kier molecular flexibility index (Phi) is 11.0. The Bertz CT molecular complexity index is 1680. The van der Waals surface area contributed by atoms with E-state index in [1.807, 2.05) is 88.4 Å². The summed E-state index contributed by atoms with van der Waals surface area (Å²) in [5.41, 5.74) is 3.96. The number of rotatable bonds is 12. The monoisotopic (exact) mass is 675 g/mol. The van der Waals surface area contributed by atoms with Crippen LogP contribution in [-0.2, 0) is 32.6 Å². The Labute approximate surface area is 269 Å². The molecule has 0 bridgehead atoms. The van der Waals surface area contributed by atoms with Gasteiger partial charge in [-0.3, -0.25) is 13.9 Å². The van der Waals surface area contributed by atoms with Crippen LogP contribution in [0.15, 0.2) is 112 Å². The molecule has 230 valence electrons. The van der Waals surface area contributed by atoms with Crippen LogP contribution in [-0.4, -0.2) is 43.8 Å². The number of nitrogens with one attached hydrogen (secondary N) is 1. The van der Waals surface area contributed by atoms with Crippen molar-refractivity contribution in [1.29, 1.82) is 0 Å². The Hall–Kier alpha value is -3.95. The molecular weight excluding hydrogens is 638 g/mol. The molecule has 2 amide bonds. The summed E-state index contributed by atoms with van der Waals surface area (Å²) >= 11 is 3.46. The summed E-state index contributed by atoms with van der Waals surface area (Å²) in [4.78, 5) is 29.8. The highest BCUT2D eigenvalue weighted by molar-refractivity contribution is 9.10. The zero-order valence-corrected chi connectivity index (χ0v) is 27.8. The molecule has 0 aliphatic rings. The minimum atomic E-state index is -4.14. The first kappa shape index (κ1) is 33.0. The van der Waals surface area contributed by atoms with Crippen LogP contribution in [0.2, 0.25) is 0 Å². The van der Waals surface area contributed by atoms with E-state index >= 15 is 0 Å². The highest BCUT2D eigenvalue weighted by Crippen LogP contribution is 2.27. The summed E-state index contributed by atoms with van der Waals surface area (Å²) in [6, 6.07) is 29.4. The molecule has 0 saturated heterocycles. The maximum atomic E-state index is 14.5. The lowest BCUT2D eigenvalue weighted by Gasteiger charge is -2.34. The summed E-state index contributed by atoms with van der Waals surface area (Å²) in [7, 11) is -4.14. The lowest BCUT2D eigenvalue weighted by molar-refractivity contribution is -0.140. The number of carbonyl (C=O) groups is 2. The van der Waals surface area contributed by atoms with Gasteiger partial charge in [0, 0.05) is 23.5 Å². The van der Waals surface area contributed by atoms with Crippen molar-refractivity contribution in [3.63, 3.8) is 0 Å². The zero-order valence-electron chi connectivity index (χ0n) is 25.4. The molecule has 0 aliphatic heterocycles. The number of anilines is 1. The van der Waals surface area contributed by atoms with Gasteiger partial charge in [0.2, 0.25) is 11.8 Å². The molecule has 9 heteroatoms. The summed E-state index contributed by atoms with van der Waals surface area (Å²) in [6.45, 7) is 7.21. The van der Waals surface area contributed by atoms with E-state index in [1.165, 1.54) is 17.0 Å². The van der Waals surface area contributed by atoms with Crippen LogP contribution < -0.4 is 9.62 Å². The van der Waals surface area contributed by atoms with Gasteiger partial charge in [0.1, 0.15) is 12.6 Å². The molecule has 1 atom stereocenters. The first-order chi connectivity index (χ1) is 21.0. The molecule has 0 fully saturated rings. The Balaban J connectivity index is 1.81. The van der Waals surface area contributed by atoms with Crippen LogP contribution in [0.4, 0.5) is 5.69 Å². The molecule has 0 aromatic heterocycles. The number of benzene rings is 4. The van der Waals surface area contributed by atoms with E-state index in [0.29, 0.717) is 5.69 Å². The molecule has 0 heterocycles. The molecular formula is C35H38BrN3O4S. The Morgan fingerprint density at radius 3 is 2.00 bits per heavy atom. The van der Waals surface area contributed by atoms with E-state index in [0.717, 1.165) is 31.0 Å². The predicted octanol–water partition coefficient (Wildman–Crippen LogP) is 6.43. The number of sulfonamides is 1. The zero-order chi connectivity index (χ0) is 31.9. The van der Waals surface area contributed by atoms with Gasteiger partial charge in [-0.25, -0.2) is 8.42 Å². The predicted molar refractivity (Wildman–Crippen MR) is 179 cm³/mol. The van der Waals surface area contributed by atoms with Crippen LogP contribution in [0.1, 0.15) is 36.1 Å². The summed E-state index contributed by atoms with van der Waals surface area (Å²) in [5.74, 6) is -0.802. The van der Waals surface area contributed by atoms with E-state index in [9.17, 15) is 18.0 Å². The van der Waals surface area contributed by atoms with Gasteiger partial charge in [-0.15, -0.1) is 0 Å². The first-order valence-electron chi connectivity index (χ1n) is 14.5. The largest absolute Gasteiger partial charge is 0.352 e. The second kappa shape index (κ2) is 14.7. The quantitative estimate of drug-likeness (QED) is 0.188. The SMILES string of the molecule is Cc1ccc(N(CC(=O)N(Cc2ccc(Br)cc2)[C@H](Cc2ccccc2)C(=O)NC(C)C)S(=O)(=O)c2ccccc2)cc1C. The van der Waals surface area contributed by atoms with Crippen molar-refractivity contribution in [3.8, 4) is 0 Å². The topological polar surface area (TPSA) is 86.8 Å². The molecule has 0 aliphatic carbocycles. The summed E-state index contributed by atoms with van der Waals surface area (Å²) in [6.07, 6.45) is 0.261. The molecule has 7 nitrogen and oxygen atoms in total. The van der Waals surface area contributed by atoms with Crippen molar-refractivity contribution in [2.45, 2.75) is 57.6 Å². The van der Waals surface area contributed by atoms with E-state index in [2.05, 4.69) is 21.2 Å². The minimum absolute atomic E-state index is 0.0730. The third kappa shape index (κ3) is 8.36. The second-order valence-corrected chi connectivity index (χ2v) is 13.9. The Morgan fingerprint density at radius 1 is 0.795 bits per heavy atom. The number of aryl methyl sites for hydroxylation is 2. The fourth-order valence-electron chi connectivity index (χ4n) is 4.85. The van der Waals surface area contributed by atoms with Crippen molar-refractivity contribution >= 4 is 43.5 Å². The van der Waals surface area contributed by atoms with Gasteiger partial charge >= 0.3 is 0 Å². The van der Waals surface area contributed by atoms with Gasteiger partial charge < -0.3 is 10.2 Å². The molecule has 4 aromatic carbocycles. The van der Waals surface area contributed by atoms with Crippen molar-refractivity contribution < 1.29 is 18.0 Å². The van der Waals surface area contributed by atoms with E-state index in [4.69, 9.17) is 0 Å². The van der Waals surface area contributed by atoms with Crippen LogP contribution in [0.5, 0.6) is 0 Å². The third-order valence-corrected chi connectivity index (χ3v) is 9.67. The van der Waals surface area contributed by atoms with E-state index in [1.54, 1.807) is 30.3 Å². The van der Waals surface area contributed by atoms with Crippen LogP contribution in [0.3, 0.4) is 0 Å². The molecule has 4 rings (SSSR count). The highest BCUT2D eigenvalue weighted by atomic mass is 79.9. The number of nitrogens with zero attached hydrogens (tertiary/aromatic N) is 2. The van der Waals surface area contributed by atoms with Crippen LogP contribution >= 0.6 is 15.9 Å². The molecule has 0 radical (unpaired) electrons. The standard InChI is InChI=1S/C35H38BrN3O4S/c1-25(2)37-35(41)33(22-28-11-7-5-8-12-28)38(23-29-16-18-30(36)19-17-29)34(40)24-39(31-20-15-26(3)27(4)21-31)44(42,43)32-13-9-6-10-14-32/h5-21,25,33H,22-24H2,1-4H3,(H,37,41)/t33-/m1/s1. The van der Waals surface area contributed by atoms with Crippen molar-refractivity contribution in [1.82, 2.24) is 10.2 Å². The van der Waals surface area contributed by atoms with Crippen LogP contribution in [0, 0.1) is 13.8 Å². The fraction of sp³-hybridized carbons (Fsp3) is 0.257. The molecule has 4 aromatic rings. The maximum absolute atomic E-state index is 14.5. The van der Waals surface area contributed by atoms with Crippen LogP contribution in [0.25, 0.3) is 0 Å². The van der Waals surface area contributed by atoms with E-state index < -0.39 is 28.5 Å². The number of hydrogen-bond donors (Lipinski definition) is 1. The third-order valence-electron chi connectivity index (χ3n) is 7.36. The average molecular weight is 677 g/mol. The number of halogens is 1. The van der Waals surface area contributed by atoms with Gasteiger partial charge in [0.25, 0.3) is 10.0 Å². The molecule has 0 unspecified atom stereocenters. The second-order valence-electron chi connectivity index (χ2n) is 11.1. The van der Waals surface area contributed by atoms with Crippen molar-refractivity contribution in [2.75, 3.05) is 10.8 Å². The number of hydrogen-bond acceptors (Lipinski definition) is 4. The minimum Gasteiger partial charge on any atom is -0.352 e. The van der Waals surface area contributed by atoms with Crippen molar-refractivity contribution in [3.05, 3.63) is 130 Å². The molecule has 44 heavy (non-hydrogen) atoms. The summed E-state index contributed by atoms with van der Waals surface area (Å²) in [5, 5.41) is 2.98.